The first kappa shape index (κ1) is 12.1. The fraction of sp³-hybridized carbons (Fsp3) is 0.500. The number of carbonyl (C=O) groups is 1. The van der Waals surface area contributed by atoms with Crippen LogP contribution in [0, 0.1) is 0 Å². The molecule has 0 aliphatic carbocycles. The van der Waals surface area contributed by atoms with Crippen molar-refractivity contribution < 1.29 is 4.79 Å². The van der Waals surface area contributed by atoms with Crippen LogP contribution in [0.15, 0.2) is 30.3 Å². The summed E-state index contributed by atoms with van der Waals surface area (Å²) >= 11 is 2.00. The molecule has 4 heteroatoms. The van der Waals surface area contributed by atoms with Crippen molar-refractivity contribution in [3.8, 4) is 0 Å². The Labute approximate surface area is 112 Å². The molecule has 96 valence electrons. The summed E-state index contributed by atoms with van der Waals surface area (Å²) in [5.41, 5.74) is 1.02. The summed E-state index contributed by atoms with van der Waals surface area (Å²) in [6.45, 7) is 0.810. The van der Waals surface area contributed by atoms with E-state index in [0.717, 1.165) is 12.2 Å². The summed E-state index contributed by atoms with van der Waals surface area (Å²) in [6, 6.07) is 10.9. The topological polar surface area (TPSA) is 32.3 Å². The standard InChI is InChI=1S/C14H18N2OS/c17-14-8-12(15-11-6-7-18-10-11)9-16(14)13-4-2-1-3-5-13/h1-5,11-12,15H,6-10H2. The zero-order valence-electron chi connectivity index (χ0n) is 10.3. The number of para-hydroxylation sites is 1. The predicted octanol–water partition coefficient (Wildman–Crippen LogP) is 1.89. The van der Waals surface area contributed by atoms with Crippen LogP contribution in [0.25, 0.3) is 0 Å². The third-order valence-corrected chi connectivity index (χ3v) is 4.76. The molecule has 2 aliphatic rings. The molecule has 2 saturated heterocycles. The number of hydrogen-bond donors (Lipinski definition) is 1. The maximum Gasteiger partial charge on any atom is 0.228 e. The van der Waals surface area contributed by atoms with E-state index in [1.54, 1.807) is 0 Å². The van der Waals surface area contributed by atoms with Gasteiger partial charge in [-0.25, -0.2) is 0 Å². The second-order valence-corrected chi connectivity index (χ2v) is 6.12. The molecule has 2 fully saturated rings. The van der Waals surface area contributed by atoms with Gasteiger partial charge in [0, 0.05) is 36.5 Å². The van der Waals surface area contributed by atoms with Gasteiger partial charge in [0.25, 0.3) is 0 Å². The number of carbonyl (C=O) groups excluding carboxylic acids is 1. The van der Waals surface area contributed by atoms with E-state index in [4.69, 9.17) is 0 Å². The van der Waals surface area contributed by atoms with Crippen molar-refractivity contribution in [2.45, 2.75) is 24.9 Å². The van der Waals surface area contributed by atoms with E-state index in [2.05, 4.69) is 5.32 Å². The van der Waals surface area contributed by atoms with Gasteiger partial charge in [0.1, 0.15) is 0 Å². The Bertz CT molecular complexity index is 417. The van der Waals surface area contributed by atoms with Crippen molar-refractivity contribution in [1.29, 1.82) is 0 Å². The molecule has 1 amide bonds. The maximum atomic E-state index is 12.0. The van der Waals surface area contributed by atoms with Crippen LogP contribution in [0.4, 0.5) is 5.69 Å². The highest BCUT2D eigenvalue weighted by atomic mass is 32.2. The van der Waals surface area contributed by atoms with Crippen LogP contribution in [-0.2, 0) is 4.79 Å². The van der Waals surface area contributed by atoms with Gasteiger partial charge in [-0.2, -0.15) is 11.8 Å². The minimum atomic E-state index is 0.240. The van der Waals surface area contributed by atoms with Gasteiger partial charge in [-0.05, 0) is 24.3 Å². The van der Waals surface area contributed by atoms with Gasteiger partial charge in [-0.15, -0.1) is 0 Å². The summed E-state index contributed by atoms with van der Waals surface area (Å²) in [5, 5.41) is 3.62. The van der Waals surface area contributed by atoms with Crippen molar-refractivity contribution in [1.82, 2.24) is 5.32 Å². The van der Waals surface area contributed by atoms with Crippen molar-refractivity contribution in [2.24, 2.45) is 0 Å². The zero-order valence-corrected chi connectivity index (χ0v) is 11.2. The average molecular weight is 262 g/mol. The van der Waals surface area contributed by atoms with E-state index in [1.807, 2.05) is 47.0 Å². The lowest BCUT2D eigenvalue weighted by Crippen LogP contribution is -2.40. The molecule has 2 heterocycles. The summed E-state index contributed by atoms with van der Waals surface area (Å²) in [7, 11) is 0. The quantitative estimate of drug-likeness (QED) is 0.903. The lowest BCUT2D eigenvalue weighted by Gasteiger charge is -2.19. The Morgan fingerprint density at radius 2 is 2.06 bits per heavy atom. The van der Waals surface area contributed by atoms with E-state index >= 15 is 0 Å². The number of nitrogens with one attached hydrogen (secondary N) is 1. The molecule has 3 nitrogen and oxygen atoms in total. The van der Waals surface area contributed by atoms with Crippen LogP contribution in [0.5, 0.6) is 0 Å². The zero-order chi connectivity index (χ0) is 12.4. The van der Waals surface area contributed by atoms with Gasteiger partial charge in [0.15, 0.2) is 0 Å². The number of anilines is 1. The molecule has 1 aromatic rings. The predicted molar refractivity (Wildman–Crippen MR) is 76.1 cm³/mol. The van der Waals surface area contributed by atoms with Crippen molar-refractivity contribution >= 4 is 23.4 Å². The van der Waals surface area contributed by atoms with Crippen LogP contribution in [-0.4, -0.2) is 36.0 Å². The van der Waals surface area contributed by atoms with Crippen LogP contribution < -0.4 is 10.2 Å². The first-order valence-corrected chi connectivity index (χ1v) is 7.67. The first-order chi connectivity index (χ1) is 8.83. The second-order valence-electron chi connectivity index (χ2n) is 4.97. The Morgan fingerprint density at radius 3 is 2.78 bits per heavy atom. The lowest BCUT2D eigenvalue weighted by molar-refractivity contribution is -0.117. The maximum absolute atomic E-state index is 12.0. The van der Waals surface area contributed by atoms with Gasteiger partial charge in [-0.1, -0.05) is 18.2 Å². The number of nitrogens with zero attached hydrogens (tertiary/aromatic N) is 1. The Kier molecular flexibility index (Phi) is 3.57. The molecule has 1 aromatic carbocycles. The minimum absolute atomic E-state index is 0.240. The highest BCUT2D eigenvalue weighted by Crippen LogP contribution is 2.23. The monoisotopic (exact) mass is 262 g/mol. The second kappa shape index (κ2) is 5.33. The van der Waals surface area contributed by atoms with Crippen LogP contribution in [0.2, 0.25) is 0 Å². The SMILES string of the molecule is O=C1CC(NC2CCSC2)CN1c1ccccc1. The number of rotatable bonds is 3. The molecule has 0 radical (unpaired) electrons. The van der Waals surface area contributed by atoms with Crippen LogP contribution in [0.1, 0.15) is 12.8 Å². The van der Waals surface area contributed by atoms with E-state index in [1.165, 1.54) is 17.9 Å². The normalized spacial score (nSPS) is 28.0. The number of thioether (sulfide) groups is 1. The molecule has 1 N–H and O–H groups in total. The van der Waals surface area contributed by atoms with Crippen molar-refractivity contribution in [3.63, 3.8) is 0 Å². The molecule has 2 aliphatic heterocycles. The fourth-order valence-electron chi connectivity index (χ4n) is 2.68. The van der Waals surface area contributed by atoms with Gasteiger partial charge in [-0.3, -0.25) is 4.79 Å². The Morgan fingerprint density at radius 1 is 1.22 bits per heavy atom. The summed E-state index contributed by atoms with van der Waals surface area (Å²) < 4.78 is 0. The lowest BCUT2D eigenvalue weighted by atomic mass is 10.2. The van der Waals surface area contributed by atoms with Gasteiger partial charge in [0.05, 0.1) is 0 Å². The van der Waals surface area contributed by atoms with Gasteiger partial charge >= 0.3 is 0 Å². The number of benzene rings is 1. The minimum Gasteiger partial charge on any atom is -0.311 e. The Balaban J connectivity index is 1.63. The molecule has 0 saturated carbocycles. The van der Waals surface area contributed by atoms with Crippen LogP contribution in [0.3, 0.4) is 0 Å². The van der Waals surface area contributed by atoms with Gasteiger partial charge < -0.3 is 10.2 Å². The molecular formula is C14H18N2OS. The molecule has 18 heavy (non-hydrogen) atoms. The third-order valence-electron chi connectivity index (χ3n) is 3.59. The summed E-state index contributed by atoms with van der Waals surface area (Å²) in [4.78, 5) is 13.9. The highest BCUT2D eigenvalue weighted by molar-refractivity contribution is 7.99. The van der Waals surface area contributed by atoms with E-state index in [9.17, 15) is 4.79 Å². The van der Waals surface area contributed by atoms with Crippen molar-refractivity contribution in [2.75, 3.05) is 23.0 Å². The molecule has 0 spiro atoms. The van der Waals surface area contributed by atoms with E-state index in [-0.39, 0.29) is 5.91 Å². The van der Waals surface area contributed by atoms with E-state index in [0.29, 0.717) is 18.5 Å². The van der Waals surface area contributed by atoms with Crippen LogP contribution >= 0.6 is 11.8 Å². The highest BCUT2D eigenvalue weighted by Gasteiger charge is 2.32. The van der Waals surface area contributed by atoms with Gasteiger partial charge in [0.2, 0.25) is 5.91 Å². The molecule has 2 atom stereocenters. The summed E-state index contributed by atoms with van der Waals surface area (Å²) in [6.07, 6.45) is 1.87. The first-order valence-electron chi connectivity index (χ1n) is 6.52. The average Bonchev–Trinajstić information content (AvgIpc) is 3.01. The molecule has 0 bridgehead atoms. The number of hydrogen-bond acceptors (Lipinski definition) is 3. The summed E-state index contributed by atoms with van der Waals surface area (Å²) in [5.74, 6) is 2.68. The molecule has 0 aromatic heterocycles. The molecular weight excluding hydrogens is 244 g/mol. The molecule has 2 unspecified atom stereocenters. The van der Waals surface area contributed by atoms with Crippen molar-refractivity contribution in [3.05, 3.63) is 30.3 Å². The smallest absolute Gasteiger partial charge is 0.228 e. The Hall–Kier alpha value is -1.00. The van der Waals surface area contributed by atoms with E-state index < -0.39 is 0 Å². The molecule has 3 rings (SSSR count). The largest absolute Gasteiger partial charge is 0.311 e. The fourth-order valence-corrected chi connectivity index (χ4v) is 3.84. The number of amides is 1. The third kappa shape index (κ3) is 2.54.